The van der Waals surface area contributed by atoms with Crippen LogP contribution in [-0.4, -0.2) is 45.2 Å². The molecule has 0 atom stereocenters. The molecule has 0 aromatic carbocycles. The van der Waals surface area contributed by atoms with Gasteiger partial charge in [0.2, 0.25) is 0 Å². The highest BCUT2D eigenvalue weighted by Gasteiger charge is 2.22. The van der Waals surface area contributed by atoms with Gasteiger partial charge in [0.1, 0.15) is 12.1 Å². The van der Waals surface area contributed by atoms with Crippen LogP contribution in [-0.2, 0) is 6.42 Å². The molecule has 1 amide bonds. The van der Waals surface area contributed by atoms with Crippen molar-refractivity contribution in [1.29, 1.82) is 0 Å². The molecule has 2 aromatic rings. The van der Waals surface area contributed by atoms with E-state index in [4.69, 9.17) is 0 Å². The lowest BCUT2D eigenvalue weighted by Gasteiger charge is -2.33. The van der Waals surface area contributed by atoms with Crippen LogP contribution in [0.15, 0.2) is 30.9 Å². The monoisotopic (exact) mass is 312 g/mol. The number of aromatic nitrogens is 4. The number of piperidine rings is 1. The lowest BCUT2D eigenvalue weighted by atomic mass is 10.0. The largest absolute Gasteiger partial charge is 0.356 e. The Kier molecular flexibility index (Phi) is 4.75. The van der Waals surface area contributed by atoms with Gasteiger partial charge < -0.3 is 10.2 Å². The molecule has 1 aliphatic heterocycles. The van der Waals surface area contributed by atoms with Crippen LogP contribution in [0.3, 0.4) is 0 Å². The molecule has 7 heteroatoms. The minimum Gasteiger partial charge on any atom is -0.356 e. The van der Waals surface area contributed by atoms with E-state index >= 15 is 0 Å². The highest BCUT2D eigenvalue weighted by molar-refractivity contribution is 5.93. The van der Waals surface area contributed by atoms with Crippen molar-refractivity contribution in [3.05, 3.63) is 42.1 Å². The third-order valence-electron chi connectivity index (χ3n) is 4.07. The molecule has 2 aromatic heterocycles. The summed E-state index contributed by atoms with van der Waals surface area (Å²) in [6, 6.07) is 3.89. The molecule has 1 fully saturated rings. The lowest BCUT2D eigenvalue weighted by Crippen LogP contribution is -2.45. The van der Waals surface area contributed by atoms with Gasteiger partial charge >= 0.3 is 0 Å². The quantitative estimate of drug-likeness (QED) is 0.914. The Labute approximate surface area is 135 Å². The molecule has 0 saturated carbocycles. The molecule has 0 unspecified atom stereocenters. The zero-order chi connectivity index (χ0) is 16.1. The van der Waals surface area contributed by atoms with Crippen molar-refractivity contribution in [3.63, 3.8) is 0 Å². The number of hydrogen-bond acceptors (Lipinski definition) is 6. The van der Waals surface area contributed by atoms with Crippen molar-refractivity contribution in [2.24, 2.45) is 0 Å². The number of nitrogens with one attached hydrogen (secondary N) is 1. The first-order valence-electron chi connectivity index (χ1n) is 7.89. The van der Waals surface area contributed by atoms with Gasteiger partial charge in [0.25, 0.3) is 5.91 Å². The number of amides is 1. The second-order valence-corrected chi connectivity index (χ2v) is 5.59. The molecule has 0 aliphatic carbocycles. The maximum absolute atomic E-state index is 12.1. The predicted molar refractivity (Wildman–Crippen MR) is 86.1 cm³/mol. The molecule has 0 radical (unpaired) electrons. The van der Waals surface area contributed by atoms with E-state index in [9.17, 15) is 4.79 Å². The van der Waals surface area contributed by atoms with Crippen molar-refractivity contribution in [2.45, 2.75) is 32.2 Å². The van der Waals surface area contributed by atoms with Crippen molar-refractivity contribution in [1.82, 2.24) is 25.5 Å². The minimum absolute atomic E-state index is 0.0892. The topological polar surface area (TPSA) is 83.9 Å². The van der Waals surface area contributed by atoms with Crippen LogP contribution in [0.2, 0.25) is 0 Å². The number of carbonyl (C=O) groups excluding carboxylic acids is 1. The lowest BCUT2D eigenvalue weighted by molar-refractivity contribution is 0.0930. The molecule has 1 N–H and O–H groups in total. The molecular formula is C16H20N6O. The molecule has 0 bridgehead atoms. The molecule has 23 heavy (non-hydrogen) atoms. The first-order valence-corrected chi connectivity index (χ1v) is 7.89. The Bertz CT molecular complexity index is 655. The van der Waals surface area contributed by atoms with Crippen LogP contribution in [0.5, 0.6) is 0 Å². The first-order chi connectivity index (χ1) is 11.3. The standard InChI is InChI=1S/C16H20N6O/c1-2-13-9-15(18-11-17-13)22-7-4-14(5-8-22)21-16(23)12-3-6-19-20-10-12/h3,6,9-11,14H,2,4-5,7-8H2,1H3,(H,21,23). The average molecular weight is 312 g/mol. The summed E-state index contributed by atoms with van der Waals surface area (Å²) in [5.41, 5.74) is 1.60. The molecule has 3 rings (SSSR count). The van der Waals surface area contributed by atoms with Gasteiger partial charge in [0, 0.05) is 30.9 Å². The summed E-state index contributed by atoms with van der Waals surface area (Å²) >= 11 is 0. The second kappa shape index (κ2) is 7.13. The van der Waals surface area contributed by atoms with Gasteiger partial charge in [-0.1, -0.05) is 6.92 Å². The van der Waals surface area contributed by atoms with Crippen LogP contribution >= 0.6 is 0 Å². The van der Waals surface area contributed by atoms with E-state index < -0.39 is 0 Å². The Morgan fingerprint density at radius 1 is 1.30 bits per heavy atom. The van der Waals surface area contributed by atoms with E-state index in [2.05, 4.69) is 37.3 Å². The second-order valence-electron chi connectivity index (χ2n) is 5.59. The van der Waals surface area contributed by atoms with Crippen LogP contribution in [0.25, 0.3) is 0 Å². The Morgan fingerprint density at radius 2 is 2.13 bits per heavy atom. The number of rotatable bonds is 4. The average Bonchev–Trinajstić information content (AvgIpc) is 2.63. The summed E-state index contributed by atoms with van der Waals surface area (Å²) in [4.78, 5) is 23.0. The SMILES string of the molecule is CCc1cc(N2CCC(NC(=O)c3ccnnc3)CC2)ncn1. The normalized spacial score (nSPS) is 15.4. The Hall–Kier alpha value is -2.57. The van der Waals surface area contributed by atoms with Gasteiger partial charge in [-0.25, -0.2) is 9.97 Å². The summed E-state index contributed by atoms with van der Waals surface area (Å²) in [5, 5.41) is 10.5. The van der Waals surface area contributed by atoms with E-state index in [0.29, 0.717) is 5.56 Å². The molecule has 1 saturated heterocycles. The van der Waals surface area contributed by atoms with Crippen LogP contribution < -0.4 is 10.2 Å². The van der Waals surface area contributed by atoms with Crippen LogP contribution in [0, 0.1) is 0 Å². The molecule has 7 nitrogen and oxygen atoms in total. The third kappa shape index (κ3) is 3.80. The number of aryl methyl sites for hydroxylation is 1. The number of carbonyl (C=O) groups is 1. The number of hydrogen-bond donors (Lipinski definition) is 1. The Morgan fingerprint density at radius 3 is 2.83 bits per heavy atom. The van der Waals surface area contributed by atoms with Crippen molar-refractivity contribution < 1.29 is 4.79 Å². The van der Waals surface area contributed by atoms with Crippen LogP contribution in [0.4, 0.5) is 5.82 Å². The number of anilines is 1. The van der Waals surface area contributed by atoms with E-state index in [1.165, 1.54) is 12.4 Å². The molecule has 1 aliphatic rings. The summed E-state index contributed by atoms with van der Waals surface area (Å²) in [7, 11) is 0. The van der Waals surface area contributed by atoms with Gasteiger partial charge in [0.15, 0.2) is 0 Å². The minimum atomic E-state index is -0.0892. The van der Waals surface area contributed by atoms with Gasteiger partial charge in [-0.2, -0.15) is 10.2 Å². The van der Waals surface area contributed by atoms with E-state index in [1.54, 1.807) is 12.4 Å². The van der Waals surface area contributed by atoms with Crippen LogP contribution in [0.1, 0.15) is 35.8 Å². The third-order valence-corrected chi connectivity index (χ3v) is 4.07. The molecular weight excluding hydrogens is 292 g/mol. The fraction of sp³-hybridized carbons (Fsp3) is 0.438. The fourth-order valence-corrected chi connectivity index (χ4v) is 2.70. The first kappa shape index (κ1) is 15.3. The highest BCUT2D eigenvalue weighted by Crippen LogP contribution is 2.18. The van der Waals surface area contributed by atoms with Crippen molar-refractivity contribution in [2.75, 3.05) is 18.0 Å². The highest BCUT2D eigenvalue weighted by atomic mass is 16.1. The zero-order valence-corrected chi connectivity index (χ0v) is 13.1. The number of nitrogens with zero attached hydrogens (tertiary/aromatic N) is 5. The summed E-state index contributed by atoms with van der Waals surface area (Å²) in [5.74, 6) is 0.883. The van der Waals surface area contributed by atoms with Crippen molar-refractivity contribution >= 4 is 11.7 Å². The van der Waals surface area contributed by atoms with E-state index in [0.717, 1.165) is 43.9 Å². The molecule has 3 heterocycles. The Balaban J connectivity index is 1.55. The summed E-state index contributed by atoms with van der Waals surface area (Å²) in [6.45, 7) is 3.83. The fourth-order valence-electron chi connectivity index (χ4n) is 2.70. The molecule has 120 valence electrons. The van der Waals surface area contributed by atoms with Gasteiger partial charge in [-0.05, 0) is 25.3 Å². The zero-order valence-electron chi connectivity index (χ0n) is 13.1. The van der Waals surface area contributed by atoms with E-state index in [1.807, 2.05) is 6.07 Å². The maximum atomic E-state index is 12.1. The predicted octanol–water partition coefficient (Wildman–Crippen LogP) is 1.23. The summed E-state index contributed by atoms with van der Waals surface area (Å²) in [6.07, 6.45) is 7.33. The van der Waals surface area contributed by atoms with Gasteiger partial charge in [-0.3, -0.25) is 4.79 Å². The van der Waals surface area contributed by atoms with Gasteiger partial charge in [-0.15, -0.1) is 0 Å². The van der Waals surface area contributed by atoms with Crippen molar-refractivity contribution in [3.8, 4) is 0 Å². The summed E-state index contributed by atoms with van der Waals surface area (Å²) < 4.78 is 0. The van der Waals surface area contributed by atoms with Gasteiger partial charge in [0.05, 0.1) is 18.0 Å². The maximum Gasteiger partial charge on any atom is 0.253 e. The smallest absolute Gasteiger partial charge is 0.253 e. The van der Waals surface area contributed by atoms with E-state index in [-0.39, 0.29) is 11.9 Å². The molecule has 0 spiro atoms.